The zero-order chi connectivity index (χ0) is 23.9. The van der Waals surface area contributed by atoms with Crippen molar-refractivity contribution in [1.82, 2.24) is 9.78 Å². The fraction of sp³-hybridized carbons (Fsp3) is 0.154. The third-order valence-corrected chi connectivity index (χ3v) is 6.24. The van der Waals surface area contributed by atoms with Gasteiger partial charge in [0, 0.05) is 35.8 Å². The molecular weight excluding hydrogens is 448 g/mol. The number of benzene rings is 2. The lowest BCUT2D eigenvalue weighted by Gasteiger charge is -2.29. The summed E-state index contributed by atoms with van der Waals surface area (Å²) in [5, 5.41) is 17.6. The molecule has 0 unspecified atom stereocenters. The van der Waals surface area contributed by atoms with Crippen LogP contribution in [0.1, 0.15) is 0 Å². The van der Waals surface area contributed by atoms with E-state index in [-0.39, 0.29) is 11.4 Å². The minimum atomic E-state index is -0.498. The van der Waals surface area contributed by atoms with Gasteiger partial charge in [0.15, 0.2) is 5.76 Å². The molecule has 1 fully saturated rings. The number of hydrogen-bond donors (Lipinski definition) is 0. The topological polar surface area (TPSA) is 104 Å². The number of ether oxygens (including phenoxy) is 1. The molecule has 0 saturated carbocycles. The van der Waals surface area contributed by atoms with Crippen molar-refractivity contribution >= 4 is 22.1 Å². The summed E-state index contributed by atoms with van der Waals surface area (Å²) in [6, 6.07) is 21.2. The molecule has 2 aromatic carbocycles. The lowest BCUT2D eigenvalue weighted by molar-refractivity contribution is -0.384. The summed E-state index contributed by atoms with van der Waals surface area (Å²) in [5.41, 5.74) is 1.59. The first-order valence-electron chi connectivity index (χ1n) is 11.2. The molecule has 0 amide bonds. The summed E-state index contributed by atoms with van der Waals surface area (Å²) in [6.45, 7) is 2.44. The second-order valence-electron chi connectivity index (χ2n) is 8.29. The molecule has 0 spiro atoms. The summed E-state index contributed by atoms with van der Waals surface area (Å²) in [6.07, 6.45) is 0. The van der Waals surface area contributed by atoms with Gasteiger partial charge in [0.2, 0.25) is 0 Å². The SMILES string of the molecule is O=c1c2ccccc2c(-c2ccc3cccc-3o2)nn1-c1cc(N2CCOCC2)ccc1[N+](=O)[O-]. The normalized spacial score (nSPS) is 14.0. The maximum Gasteiger partial charge on any atom is 0.295 e. The predicted octanol–water partition coefficient (Wildman–Crippen LogP) is 4.50. The zero-order valence-electron chi connectivity index (χ0n) is 18.6. The first kappa shape index (κ1) is 21.1. The molecule has 35 heavy (non-hydrogen) atoms. The Morgan fingerprint density at radius 3 is 2.49 bits per heavy atom. The number of nitro benzene ring substituents is 1. The van der Waals surface area contributed by atoms with Crippen molar-refractivity contribution in [3.05, 3.63) is 93.3 Å². The maximum atomic E-state index is 13.6. The number of morpholine rings is 1. The van der Waals surface area contributed by atoms with Gasteiger partial charge in [0.1, 0.15) is 17.1 Å². The Labute approximate surface area is 199 Å². The molecule has 1 aliphatic carbocycles. The lowest BCUT2D eigenvalue weighted by Crippen LogP contribution is -2.36. The summed E-state index contributed by atoms with van der Waals surface area (Å²) in [7, 11) is 0. The Balaban J connectivity index is 1.61. The zero-order valence-corrected chi connectivity index (χ0v) is 18.6. The highest BCUT2D eigenvalue weighted by Gasteiger charge is 2.24. The van der Waals surface area contributed by atoms with Crippen LogP contribution in [0.5, 0.6) is 0 Å². The van der Waals surface area contributed by atoms with Crippen LogP contribution < -0.4 is 10.5 Å². The van der Waals surface area contributed by atoms with Crippen LogP contribution in [0, 0.1) is 10.1 Å². The quantitative estimate of drug-likeness (QED) is 0.283. The van der Waals surface area contributed by atoms with Gasteiger partial charge < -0.3 is 14.1 Å². The molecule has 0 N–H and O–H groups in total. The number of nitro groups is 1. The molecule has 9 heteroatoms. The molecule has 0 bridgehead atoms. The Morgan fingerprint density at radius 2 is 1.69 bits per heavy atom. The Kier molecular flexibility index (Phi) is 5.04. The highest BCUT2D eigenvalue weighted by atomic mass is 16.6. The van der Waals surface area contributed by atoms with E-state index in [2.05, 4.69) is 10.00 Å². The molecule has 0 atom stereocenters. The first-order valence-corrected chi connectivity index (χ1v) is 11.2. The van der Waals surface area contributed by atoms with Gasteiger partial charge in [-0.1, -0.05) is 30.3 Å². The minimum Gasteiger partial charge on any atom is -0.454 e. The highest BCUT2D eigenvalue weighted by Crippen LogP contribution is 2.33. The molecule has 6 rings (SSSR count). The van der Waals surface area contributed by atoms with Gasteiger partial charge in [-0.25, -0.2) is 0 Å². The molecule has 174 valence electrons. The monoisotopic (exact) mass is 468 g/mol. The highest BCUT2D eigenvalue weighted by molar-refractivity contribution is 5.93. The molecule has 3 heterocycles. The van der Waals surface area contributed by atoms with E-state index < -0.39 is 10.5 Å². The summed E-state index contributed by atoms with van der Waals surface area (Å²) >= 11 is 0. The number of anilines is 1. The smallest absolute Gasteiger partial charge is 0.295 e. The van der Waals surface area contributed by atoms with E-state index in [0.717, 1.165) is 15.9 Å². The van der Waals surface area contributed by atoms with Crippen molar-refractivity contribution in [2.75, 3.05) is 31.2 Å². The number of rotatable bonds is 4. The first-order chi connectivity index (χ1) is 17.1. The van der Waals surface area contributed by atoms with Gasteiger partial charge in [0.05, 0.1) is 23.5 Å². The largest absolute Gasteiger partial charge is 0.454 e. The fourth-order valence-corrected chi connectivity index (χ4v) is 4.48. The van der Waals surface area contributed by atoms with Gasteiger partial charge in [-0.2, -0.15) is 9.78 Å². The summed E-state index contributed by atoms with van der Waals surface area (Å²) in [4.78, 5) is 27.1. The van der Waals surface area contributed by atoms with E-state index in [4.69, 9.17) is 9.15 Å². The third-order valence-electron chi connectivity index (χ3n) is 6.24. The maximum absolute atomic E-state index is 13.6. The van der Waals surface area contributed by atoms with Crippen molar-refractivity contribution < 1.29 is 14.1 Å². The summed E-state index contributed by atoms with van der Waals surface area (Å²) < 4.78 is 12.6. The average molecular weight is 468 g/mol. The number of nitrogens with zero attached hydrogens (tertiary/aromatic N) is 4. The van der Waals surface area contributed by atoms with Crippen molar-refractivity contribution in [2.45, 2.75) is 0 Å². The molecule has 3 aromatic rings. The van der Waals surface area contributed by atoms with Gasteiger partial charge in [-0.3, -0.25) is 14.9 Å². The predicted molar refractivity (Wildman–Crippen MR) is 131 cm³/mol. The van der Waals surface area contributed by atoms with E-state index in [1.54, 1.807) is 36.4 Å². The molecule has 0 radical (unpaired) electrons. The molecule has 1 saturated heterocycles. The van der Waals surface area contributed by atoms with Crippen LogP contribution in [-0.4, -0.2) is 41.0 Å². The number of hydrogen-bond acceptors (Lipinski definition) is 7. The van der Waals surface area contributed by atoms with Gasteiger partial charge >= 0.3 is 0 Å². The molecule has 9 nitrogen and oxygen atoms in total. The van der Waals surface area contributed by atoms with E-state index in [9.17, 15) is 14.9 Å². The van der Waals surface area contributed by atoms with Crippen LogP contribution in [0.25, 0.3) is 39.2 Å². The van der Waals surface area contributed by atoms with Gasteiger partial charge in [-0.15, -0.1) is 0 Å². The average Bonchev–Trinajstić information content (AvgIpc) is 3.37. The summed E-state index contributed by atoms with van der Waals surface area (Å²) in [5.74, 6) is 1.15. The van der Waals surface area contributed by atoms with Crippen LogP contribution in [0.3, 0.4) is 0 Å². The standard InChI is InChI=1S/C26H20N4O5/c31-26-20-6-2-1-5-19(20)25(24-11-8-17-4-3-7-23(17)35-24)27-29(26)22-16-18(9-10-21(22)30(32)33)28-12-14-34-15-13-28/h1-11,16H,12-15H2. The molecule has 1 aromatic heterocycles. The molecule has 2 aliphatic heterocycles. The van der Waals surface area contributed by atoms with E-state index in [1.807, 2.05) is 30.3 Å². The molecule has 3 aliphatic rings. The van der Waals surface area contributed by atoms with Gasteiger partial charge in [-0.05, 0) is 36.4 Å². The third kappa shape index (κ3) is 3.62. The second kappa shape index (κ2) is 8.37. The van der Waals surface area contributed by atoms with Crippen LogP contribution in [0.2, 0.25) is 0 Å². The Morgan fingerprint density at radius 1 is 0.886 bits per heavy atom. The fourth-order valence-electron chi connectivity index (χ4n) is 4.48. The van der Waals surface area contributed by atoms with E-state index >= 15 is 0 Å². The van der Waals surface area contributed by atoms with Crippen molar-refractivity contribution in [3.8, 4) is 28.5 Å². The van der Waals surface area contributed by atoms with Crippen LogP contribution >= 0.6 is 0 Å². The van der Waals surface area contributed by atoms with Crippen LogP contribution in [0.4, 0.5) is 11.4 Å². The van der Waals surface area contributed by atoms with Crippen molar-refractivity contribution in [1.29, 1.82) is 0 Å². The minimum absolute atomic E-state index is 0.102. The number of fused-ring (bicyclic) bond motifs is 2. The Hall–Kier alpha value is -4.50. The second-order valence-corrected chi connectivity index (χ2v) is 8.29. The molecular formula is C26H20N4O5. The van der Waals surface area contributed by atoms with Crippen LogP contribution in [0.15, 0.2) is 82.0 Å². The Bertz CT molecular complexity index is 1600. The number of aromatic nitrogens is 2. The van der Waals surface area contributed by atoms with Crippen LogP contribution in [-0.2, 0) is 4.74 Å². The van der Waals surface area contributed by atoms with E-state index in [1.165, 1.54) is 6.07 Å². The van der Waals surface area contributed by atoms with Crippen molar-refractivity contribution in [3.63, 3.8) is 0 Å². The van der Waals surface area contributed by atoms with Gasteiger partial charge in [0.25, 0.3) is 11.2 Å². The lowest BCUT2D eigenvalue weighted by atomic mass is 10.1. The van der Waals surface area contributed by atoms with Crippen molar-refractivity contribution in [2.24, 2.45) is 0 Å². The van der Waals surface area contributed by atoms with E-state index in [0.29, 0.717) is 54.3 Å².